The van der Waals surface area contributed by atoms with Crippen LogP contribution in [0.4, 0.5) is 0 Å². The lowest BCUT2D eigenvalue weighted by molar-refractivity contribution is -0.107. The maximum atomic E-state index is 11.9. The number of fused-ring (bicyclic) bond motifs is 3. The molecule has 31 heavy (non-hydrogen) atoms. The number of rotatable bonds is 6. The normalized spacial score (nSPS) is 12.0. The third kappa shape index (κ3) is 5.02. The Labute approximate surface area is 181 Å². The Bertz CT molecular complexity index is 1010. The maximum Gasteiger partial charge on any atom is 0.234 e. The molecule has 3 aromatic carbocycles. The van der Waals surface area contributed by atoms with Gasteiger partial charge in [-0.1, -0.05) is 78.9 Å². The molecule has 5 heteroatoms. The SMILES string of the molecule is CCOC(OCC)C(=O)c1ccccc1.O=C1C(=O)c2ccccc2-c2ccccc21. The fourth-order valence-electron chi connectivity index (χ4n) is 3.32. The molecule has 1 aliphatic rings. The second-order valence-electron chi connectivity index (χ2n) is 6.72. The number of hydrogen-bond acceptors (Lipinski definition) is 5. The van der Waals surface area contributed by atoms with Gasteiger partial charge in [0.1, 0.15) is 0 Å². The van der Waals surface area contributed by atoms with Crippen LogP contribution in [0.1, 0.15) is 44.9 Å². The predicted octanol–water partition coefficient (Wildman–Crippen LogP) is 5.00. The molecule has 0 aromatic heterocycles. The standard InChI is InChI=1S/C14H8O2.C12H16O3/c15-13-11-7-3-1-5-9(11)10-6-2-4-8-12(10)14(13)16;1-3-14-12(15-4-2)11(13)10-8-6-5-7-9-10/h1-8H;5-9,12H,3-4H2,1-2H3. The van der Waals surface area contributed by atoms with Crippen LogP contribution < -0.4 is 0 Å². The summed E-state index contributed by atoms with van der Waals surface area (Å²) in [7, 11) is 0. The van der Waals surface area contributed by atoms with E-state index < -0.39 is 17.9 Å². The lowest BCUT2D eigenvalue weighted by atomic mass is 9.84. The Balaban J connectivity index is 0.000000176. The van der Waals surface area contributed by atoms with E-state index >= 15 is 0 Å². The smallest absolute Gasteiger partial charge is 0.234 e. The lowest BCUT2D eigenvalue weighted by Crippen LogP contribution is -2.27. The van der Waals surface area contributed by atoms with Crippen molar-refractivity contribution in [1.29, 1.82) is 0 Å². The van der Waals surface area contributed by atoms with Gasteiger partial charge in [0.2, 0.25) is 23.6 Å². The molecule has 0 unspecified atom stereocenters. The third-order valence-corrected chi connectivity index (χ3v) is 4.75. The first-order chi connectivity index (χ1) is 15.1. The Hall–Kier alpha value is -3.41. The summed E-state index contributed by atoms with van der Waals surface area (Å²) < 4.78 is 10.5. The fourth-order valence-corrected chi connectivity index (χ4v) is 3.32. The van der Waals surface area contributed by atoms with Crippen LogP contribution in [0.2, 0.25) is 0 Å². The minimum Gasteiger partial charge on any atom is -0.346 e. The van der Waals surface area contributed by atoms with Crippen LogP contribution in [0.5, 0.6) is 0 Å². The quantitative estimate of drug-likeness (QED) is 0.321. The summed E-state index contributed by atoms with van der Waals surface area (Å²) in [6.07, 6.45) is -0.776. The van der Waals surface area contributed by atoms with Crippen LogP contribution in [0.15, 0.2) is 78.9 Å². The van der Waals surface area contributed by atoms with E-state index in [-0.39, 0.29) is 5.78 Å². The Morgan fingerprint density at radius 3 is 1.45 bits per heavy atom. The minimum absolute atomic E-state index is 0.126. The average molecular weight is 416 g/mol. The van der Waals surface area contributed by atoms with E-state index in [1.165, 1.54) is 0 Å². The summed E-state index contributed by atoms with van der Waals surface area (Å²) in [5, 5.41) is 0. The molecule has 0 saturated heterocycles. The Morgan fingerprint density at radius 2 is 1.03 bits per heavy atom. The molecule has 0 fully saturated rings. The van der Waals surface area contributed by atoms with Gasteiger partial charge in [0.25, 0.3) is 0 Å². The van der Waals surface area contributed by atoms with Crippen molar-refractivity contribution >= 4 is 17.3 Å². The molecular formula is C26H24O5. The second kappa shape index (κ2) is 10.6. The summed E-state index contributed by atoms with van der Waals surface area (Å²) >= 11 is 0. The van der Waals surface area contributed by atoms with Gasteiger partial charge in [-0.15, -0.1) is 0 Å². The van der Waals surface area contributed by atoms with Gasteiger partial charge in [-0.3, -0.25) is 14.4 Å². The van der Waals surface area contributed by atoms with Crippen LogP contribution in [0.25, 0.3) is 11.1 Å². The van der Waals surface area contributed by atoms with Gasteiger partial charge in [-0.25, -0.2) is 0 Å². The van der Waals surface area contributed by atoms with E-state index in [9.17, 15) is 14.4 Å². The summed E-state index contributed by atoms with van der Waals surface area (Å²) in [5.41, 5.74) is 3.33. The van der Waals surface area contributed by atoms with Gasteiger partial charge in [-0.05, 0) is 25.0 Å². The van der Waals surface area contributed by atoms with Crippen LogP contribution in [0.3, 0.4) is 0 Å². The van der Waals surface area contributed by atoms with Gasteiger partial charge < -0.3 is 9.47 Å². The molecule has 0 bridgehead atoms. The zero-order valence-electron chi connectivity index (χ0n) is 17.5. The average Bonchev–Trinajstić information content (AvgIpc) is 2.83. The van der Waals surface area contributed by atoms with Crippen molar-refractivity contribution in [1.82, 2.24) is 0 Å². The number of ketones is 3. The molecule has 1 aliphatic carbocycles. The third-order valence-electron chi connectivity index (χ3n) is 4.75. The maximum absolute atomic E-state index is 11.9. The van der Waals surface area contributed by atoms with Crippen LogP contribution >= 0.6 is 0 Å². The summed E-state index contributed by atoms with van der Waals surface area (Å²) in [6.45, 7) is 4.60. The molecule has 0 heterocycles. The zero-order chi connectivity index (χ0) is 22.2. The van der Waals surface area contributed by atoms with Crippen molar-refractivity contribution in [3.63, 3.8) is 0 Å². The first-order valence-corrected chi connectivity index (χ1v) is 10.2. The van der Waals surface area contributed by atoms with Crippen LogP contribution in [-0.2, 0) is 9.47 Å². The van der Waals surface area contributed by atoms with Crippen molar-refractivity contribution < 1.29 is 23.9 Å². The van der Waals surface area contributed by atoms with Gasteiger partial charge in [0.15, 0.2) is 0 Å². The van der Waals surface area contributed by atoms with Gasteiger partial charge in [0, 0.05) is 29.9 Å². The van der Waals surface area contributed by atoms with E-state index in [4.69, 9.17) is 9.47 Å². The highest BCUT2D eigenvalue weighted by Gasteiger charge is 2.29. The van der Waals surface area contributed by atoms with Crippen molar-refractivity contribution in [2.45, 2.75) is 20.1 Å². The molecule has 0 saturated carbocycles. The molecule has 0 aliphatic heterocycles. The molecular weight excluding hydrogens is 392 g/mol. The molecule has 0 atom stereocenters. The molecule has 0 spiro atoms. The van der Waals surface area contributed by atoms with Crippen LogP contribution in [-0.4, -0.2) is 36.9 Å². The largest absolute Gasteiger partial charge is 0.346 e. The van der Waals surface area contributed by atoms with E-state index in [1.54, 1.807) is 36.4 Å². The van der Waals surface area contributed by atoms with Crippen molar-refractivity contribution in [2.24, 2.45) is 0 Å². The van der Waals surface area contributed by atoms with E-state index in [1.807, 2.05) is 56.3 Å². The molecule has 4 rings (SSSR count). The number of ether oxygens (including phenoxy) is 2. The topological polar surface area (TPSA) is 69.7 Å². The number of carbonyl (C=O) groups excluding carboxylic acids is 3. The number of benzene rings is 3. The summed E-state index contributed by atoms with van der Waals surface area (Å²) in [4.78, 5) is 35.5. The van der Waals surface area contributed by atoms with E-state index in [2.05, 4.69) is 0 Å². The molecule has 158 valence electrons. The summed E-state index contributed by atoms with van der Waals surface area (Å²) in [6, 6.07) is 23.5. The first-order valence-electron chi connectivity index (χ1n) is 10.2. The molecule has 5 nitrogen and oxygen atoms in total. The Kier molecular flexibility index (Phi) is 7.60. The summed E-state index contributed by atoms with van der Waals surface area (Å²) in [5.74, 6) is -0.942. The predicted molar refractivity (Wildman–Crippen MR) is 118 cm³/mol. The Morgan fingerprint density at radius 1 is 0.645 bits per heavy atom. The van der Waals surface area contributed by atoms with Gasteiger partial charge >= 0.3 is 0 Å². The van der Waals surface area contributed by atoms with Crippen molar-refractivity contribution in [3.05, 3.63) is 95.6 Å². The first kappa shape index (κ1) is 22.3. The van der Waals surface area contributed by atoms with Crippen molar-refractivity contribution in [3.8, 4) is 11.1 Å². The molecule has 3 aromatic rings. The fraction of sp³-hybridized carbons (Fsp3) is 0.192. The van der Waals surface area contributed by atoms with Crippen molar-refractivity contribution in [2.75, 3.05) is 13.2 Å². The van der Waals surface area contributed by atoms with E-state index in [0.717, 1.165) is 11.1 Å². The number of carbonyl (C=O) groups is 3. The van der Waals surface area contributed by atoms with Gasteiger partial charge in [0.05, 0.1) is 0 Å². The number of Topliss-reactive ketones (excluding diaryl/α,β-unsaturated/α-hetero) is 3. The molecule has 0 radical (unpaired) electrons. The highest BCUT2D eigenvalue weighted by Crippen LogP contribution is 2.32. The monoisotopic (exact) mass is 416 g/mol. The molecule has 0 N–H and O–H groups in total. The molecule has 0 amide bonds. The lowest BCUT2D eigenvalue weighted by Gasteiger charge is -2.16. The zero-order valence-corrected chi connectivity index (χ0v) is 17.5. The second-order valence-corrected chi connectivity index (χ2v) is 6.72. The van der Waals surface area contributed by atoms with Gasteiger partial charge in [-0.2, -0.15) is 0 Å². The number of hydrogen-bond donors (Lipinski definition) is 0. The van der Waals surface area contributed by atoms with Crippen LogP contribution in [0, 0.1) is 0 Å². The van der Waals surface area contributed by atoms with E-state index in [0.29, 0.717) is 29.9 Å². The highest BCUT2D eigenvalue weighted by molar-refractivity contribution is 6.52. The highest BCUT2D eigenvalue weighted by atomic mass is 16.7. The minimum atomic E-state index is -0.776.